The molecule has 2 aromatic heterocycles. The summed E-state index contributed by atoms with van der Waals surface area (Å²) in [6, 6.07) is -0.0670. The third-order valence-corrected chi connectivity index (χ3v) is 5.06. The van der Waals surface area contributed by atoms with Gasteiger partial charge in [0, 0.05) is 29.0 Å². The Hall–Kier alpha value is -1.32. The molecule has 2 aromatic rings. The smallest absolute Gasteiger partial charge is 0.345 e. The normalized spacial score (nSPS) is 22.5. The summed E-state index contributed by atoms with van der Waals surface area (Å²) < 4.78 is 31.6. The predicted molar refractivity (Wildman–Crippen MR) is 93.8 cm³/mol. The highest BCUT2D eigenvalue weighted by atomic mass is 79.9. The van der Waals surface area contributed by atoms with Gasteiger partial charge in [0.25, 0.3) is 0 Å². The van der Waals surface area contributed by atoms with Gasteiger partial charge in [-0.1, -0.05) is 0 Å². The molecular formula is C16H21BrF2N4O2. The maximum atomic E-state index is 12.1. The Kier molecular flexibility index (Phi) is 5.85. The van der Waals surface area contributed by atoms with E-state index in [1.807, 2.05) is 6.20 Å². The first-order valence-corrected chi connectivity index (χ1v) is 9.10. The van der Waals surface area contributed by atoms with Crippen molar-refractivity contribution in [2.45, 2.75) is 57.4 Å². The number of fused-ring (bicyclic) bond motifs is 1. The van der Waals surface area contributed by atoms with Crippen LogP contribution in [0, 0.1) is 0 Å². The summed E-state index contributed by atoms with van der Waals surface area (Å²) in [6.07, 6.45) is 6.83. The van der Waals surface area contributed by atoms with Gasteiger partial charge in [0.2, 0.25) is 5.95 Å². The van der Waals surface area contributed by atoms with Crippen molar-refractivity contribution in [3.05, 3.63) is 16.9 Å². The fraction of sp³-hybridized carbons (Fsp3) is 0.625. The van der Waals surface area contributed by atoms with E-state index < -0.39 is 6.61 Å². The van der Waals surface area contributed by atoms with E-state index in [2.05, 4.69) is 40.5 Å². The molecule has 0 aliphatic heterocycles. The van der Waals surface area contributed by atoms with Gasteiger partial charge in [-0.3, -0.25) is 0 Å². The molecule has 6 nitrogen and oxygen atoms in total. The molecule has 2 heterocycles. The summed E-state index contributed by atoms with van der Waals surface area (Å²) in [6.45, 7) is -1.19. The van der Waals surface area contributed by atoms with E-state index in [-0.39, 0.29) is 24.8 Å². The van der Waals surface area contributed by atoms with Crippen LogP contribution in [0.3, 0.4) is 0 Å². The summed E-state index contributed by atoms with van der Waals surface area (Å²) >= 11 is 3.54. The maximum absolute atomic E-state index is 12.1. The number of hydrogen-bond donors (Lipinski definition) is 2. The Morgan fingerprint density at radius 2 is 2.12 bits per heavy atom. The number of aromatic nitrogens is 3. The van der Waals surface area contributed by atoms with Gasteiger partial charge >= 0.3 is 6.61 Å². The highest BCUT2D eigenvalue weighted by Gasteiger charge is 2.23. The van der Waals surface area contributed by atoms with E-state index in [0.717, 1.165) is 41.2 Å². The molecule has 0 spiro atoms. The molecule has 138 valence electrons. The lowest BCUT2D eigenvalue weighted by Crippen LogP contribution is -2.24. The topological polar surface area (TPSA) is 72.2 Å². The van der Waals surface area contributed by atoms with Crippen molar-refractivity contribution in [1.29, 1.82) is 0 Å². The Morgan fingerprint density at radius 3 is 2.80 bits per heavy atom. The maximum Gasteiger partial charge on any atom is 0.345 e. The lowest BCUT2D eigenvalue weighted by molar-refractivity contribution is -0.130. The van der Waals surface area contributed by atoms with Crippen LogP contribution in [-0.2, 0) is 4.74 Å². The van der Waals surface area contributed by atoms with Gasteiger partial charge in [0.1, 0.15) is 5.65 Å². The molecule has 1 fully saturated rings. The number of aliphatic hydroxyl groups is 1. The SMILES string of the molecule is CC(COC(F)F)Nc1ncc2c(Br)cn(C3CCC(O)CC3)c2n1. The zero-order chi connectivity index (χ0) is 18.0. The van der Waals surface area contributed by atoms with E-state index in [9.17, 15) is 13.9 Å². The van der Waals surface area contributed by atoms with Crippen molar-refractivity contribution in [1.82, 2.24) is 14.5 Å². The highest BCUT2D eigenvalue weighted by molar-refractivity contribution is 9.10. The quantitative estimate of drug-likeness (QED) is 0.747. The minimum absolute atomic E-state index is 0.135. The molecule has 0 radical (unpaired) electrons. The summed E-state index contributed by atoms with van der Waals surface area (Å²) in [5, 5.41) is 13.6. The minimum atomic E-state index is -2.79. The number of nitrogens with one attached hydrogen (secondary N) is 1. The lowest BCUT2D eigenvalue weighted by Gasteiger charge is -2.27. The van der Waals surface area contributed by atoms with Crippen molar-refractivity contribution in [3.8, 4) is 0 Å². The van der Waals surface area contributed by atoms with Crippen LogP contribution in [0.2, 0.25) is 0 Å². The Morgan fingerprint density at radius 1 is 1.40 bits per heavy atom. The number of alkyl halides is 2. The molecule has 1 unspecified atom stereocenters. The van der Waals surface area contributed by atoms with Gasteiger partial charge in [-0.25, -0.2) is 4.98 Å². The molecule has 9 heteroatoms. The van der Waals surface area contributed by atoms with Crippen LogP contribution in [0.15, 0.2) is 16.9 Å². The van der Waals surface area contributed by atoms with Crippen LogP contribution < -0.4 is 5.32 Å². The second-order valence-corrected chi connectivity index (χ2v) is 7.27. The minimum Gasteiger partial charge on any atom is -0.393 e. The van der Waals surface area contributed by atoms with Crippen molar-refractivity contribution in [2.24, 2.45) is 0 Å². The third-order valence-electron chi connectivity index (χ3n) is 4.43. The van der Waals surface area contributed by atoms with Gasteiger partial charge < -0.3 is 19.7 Å². The summed E-state index contributed by atoms with van der Waals surface area (Å²) in [4.78, 5) is 8.82. The zero-order valence-electron chi connectivity index (χ0n) is 13.8. The molecular weight excluding hydrogens is 398 g/mol. The van der Waals surface area contributed by atoms with Gasteiger partial charge in [-0.15, -0.1) is 0 Å². The number of hydrogen-bond acceptors (Lipinski definition) is 5. The molecule has 1 aliphatic rings. The lowest BCUT2D eigenvalue weighted by atomic mass is 9.93. The van der Waals surface area contributed by atoms with E-state index in [1.165, 1.54) is 0 Å². The molecule has 0 bridgehead atoms. The summed E-state index contributed by atoms with van der Waals surface area (Å²) in [5.41, 5.74) is 0.785. The standard InChI is InChI=1S/C16H21BrF2N4O2/c1-9(8-25-15(18)19)21-16-20-6-12-13(17)7-23(14(12)22-16)10-2-4-11(24)5-3-10/h6-7,9-11,15,24H,2-5,8H2,1H3,(H,20,21,22). The van der Waals surface area contributed by atoms with Crippen molar-refractivity contribution in [3.63, 3.8) is 0 Å². The average molecular weight is 419 g/mol. The predicted octanol–water partition coefficient (Wildman–Crippen LogP) is 3.71. The first kappa shape index (κ1) is 18.5. The molecule has 0 saturated heterocycles. The summed E-state index contributed by atoms with van der Waals surface area (Å²) in [5.74, 6) is 0.376. The molecule has 3 rings (SSSR count). The molecule has 0 aromatic carbocycles. The molecule has 2 N–H and O–H groups in total. The summed E-state index contributed by atoms with van der Waals surface area (Å²) in [7, 11) is 0. The number of halogens is 3. The van der Waals surface area contributed by atoms with Gasteiger partial charge in [0.05, 0.1) is 18.1 Å². The van der Waals surface area contributed by atoms with Crippen molar-refractivity contribution < 1.29 is 18.6 Å². The second kappa shape index (κ2) is 7.92. The van der Waals surface area contributed by atoms with E-state index in [0.29, 0.717) is 5.95 Å². The monoisotopic (exact) mass is 418 g/mol. The van der Waals surface area contributed by atoms with Crippen LogP contribution >= 0.6 is 15.9 Å². The number of ether oxygens (including phenoxy) is 1. The van der Waals surface area contributed by atoms with Gasteiger partial charge in [-0.2, -0.15) is 13.8 Å². The fourth-order valence-electron chi connectivity index (χ4n) is 3.15. The Bertz CT molecular complexity index is 719. The molecule has 0 amide bonds. The molecule has 1 saturated carbocycles. The van der Waals surface area contributed by atoms with Crippen LogP contribution in [-0.4, -0.2) is 45.0 Å². The van der Waals surface area contributed by atoms with E-state index >= 15 is 0 Å². The van der Waals surface area contributed by atoms with Gasteiger partial charge in [0.15, 0.2) is 0 Å². The van der Waals surface area contributed by atoms with Crippen LogP contribution in [0.5, 0.6) is 0 Å². The Labute approximate surface area is 152 Å². The van der Waals surface area contributed by atoms with Crippen molar-refractivity contribution in [2.75, 3.05) is 11.9 Å². The van der Waals surface area contributed by atoms with Crippen LogP contribution in [0.1, 0.15) is 38.6 Å². The van der Waals surface area contributed by atoms with E-state index in [1.54, 1.807) is 13.1 Å². The van der Waals surface area contributed by atoms with Gasteiger partial charge in [-0.05, 0) is 48.5 Å². The highest BCUT2D eigenvalue weighted by Crippen LogP contribution is 2.34. The van der Waals surface area contributed by atoms with Crippen LogP contribution in [0.25, 0.3) is 11.0 Å². The Balaban J connectivity index is 1.80. The zero-order valence-corrected chi connectivity index (χ0v) is 15.4. The first-order chi connectivity index (χ1) is 11.9. The first-order valence-electron chi connectivity index (χ1n) is 8.31. The number of aliphatic hydroxyl groups excluding tert-OH is 1. The van der Waals surface area contributed by atoms with Crippen molar-refractivity contribution >= 4 is 32.9 Å². The number of anilines is 1. The molecule has 1 atom stereocenters. The van der Waals surface area contributed by atoms with Crippen LogP contribution in [0.4, 0.5) is 14.7 Å². The third kappa shape index (κ3) is 4.45. The largest absolute Gasteiger partial charge is 0.393 e. The molecule has 1 aliphatic carbocycles. The number of nitrogens with zero attached hydrogens (tertiary/aromatic N) is 3. The fourth-order valence-corrected chi connectivity index (χ4v) is 3.65. The second-order valence-electron chi connectivity index (χ2n) is 6.42. The average Bonchev–Trinajstić information content (AvgIpc) is 2.90. The molecule has 25 heavy (non-hydrogen) atoms. The van der Waals surface area contributed by atoms with E-state index in [4.69, 9.17) is 0 Å². The number of rotatable bonds is 6.